The Morgan fingerprint density at radius 2 is 2.05 bits per heavy atom. The van der Waals surface area contributed by atoms with Crippen LogP contribution in [0.3, 0.4) is 0 Å². The molecule has 0 bridgehead atoms. The first kappa shape index (κ1) is 15.4. The second-order valence-corrected chi connectivity index (χ2v) is 6.03. The molecule has 0 fully saturated rings. The van der Waals surface area contributed by atoms with E-state index in [0.717, 1.165) is 6.07 Å². The third kappa shape index (κ3) is 3.37. The van der Waals surface area contributed by atoms with Crippen molar-refractivity contribution in [3.8, 4) is 0 Å². The predicted octanol–water partition coefficient (Wildman–Crippen LogP) is 3.28. The van der Waals surface area contributed by atoms with Crippen LogP contribution in [0.15, 0.2) is 41.3 Å². The highest BCUT2D eigenvalue weighted by Crippen LogP contribution is 2.29. The van der Waals surface area contributed by atoms with Gasteiger partial charge in [-0.2, -0.15) is 0 Å². The molecule has 21 heavy (non-hydrogen) atoms. The summed E-state index contributed by atoms with van der Waals surface area (Å²) >= 11 is 5.93. The van der Waals surface area contributed by atoms with Crippen LogP contribution < -0.4 is 5.73 Å². The molecule has 0 saturated carbocycles. The molecule has 2 aromatic rings. The predicted molar refractivity (Wildman–Crippen MR) is 79.0 cm³/mol. The van der Waals surface area contributed by atoms with E-state index in [0.29, 0.717) is 0 Å². The van der Waals surface area contributed by atoms with Gasteiger partial charge in [0.15, 0.2) is 0 Å². The molecule has 2 N–H and O–H groups in total. The normalized spacial score (nSPS) is 12.1. The number of hydrogen-bond donors (Lipinski definition) is 1. The summed E-state index contributed by atoms with van der Waals surface area (Å²) in [5.74, 6) is -0.867. The number of hydrogen-bond acceptors (Lipinski definition) is 4. The molecular weight excluding hydrogens is 319 g/mol. The van der Waals surface area contributed by atoms with Crippen molar-refractivity contribution in [2.45, 2.75) is 10.6 Å². The fourth-order valence-corrected chi connectivity index (χ4v) is 3.23. The zero-order valence-corrected chi connectivity index (χ0v) is 12.2. The Kier molecular flexibility index (Phi) is 4.54. The SMILES string of the molecule is Nc1ccc(S(=O)Cc2c(Cl)cccc2[N+](=O)[O-])cc1F. The van der Waals surface area contributed by atoms with Crippen LogP contribution in [0, 0.1) is 15.9 Å². The lowest BCUT2D eigenvalue weighted by Crippen LogP contribution is -2.02. The van der Waals surface area contributed by atoms with Gasteiger partial charge in [0.1, 0.15) is 5.82 Å². The fourth-order valence-electron chi connectivity index (χ4n) is 1.73. The summed E-state index contributed by atoms with van der Waals surface area (Å²) in [7, 11) is -1.67. The Balaban J connectivity index is 2.36. The topological polar surface area (TPSA) is 86.2 Å². The standard InChI is InChI=1S/C13H10ClFN2O3S/c14-10-2-1-3-13(17(18)19)9(10)7-21(20)8-4-5-12(16)11(15)6-8/h1-6H,7,16H2. The van der Waals surface area contributed by atoms with Gasteiger partial charge in [0.2, 0.25) is 0 Å². The molecule has 2 rings (SSSR count). The van der Waals surface area contributed by atoms with Crippen LogP contribution in [0.1, 0.15) is 5.56 Å². The van der Waals surface area contributed by atoms with Crippen LogP contribution in [-0.2, 0) is 16.6 Å². The molecule has 0 spiro atoms. The number of nitrogens with two attached hydrogens (primary N) is 1. The van der Waals surface area contributed by atoms with Gasteiger partial charge in [0, 0.05) is 11.0 Å². The van der Waals surface area contributed by atoms with Gasteiger partial charge in [-0.15, -0.1) is 0 Å². The summed E-state index contributed by atoms with van der Waals surface area (Å²) < 4.78 is 25.6. The summed E-state index contributed by atoms with van der Waals surface area (Å²) in [6, 6.07) is 7.96. The zero-order chi connectivity index (χ0) is 15.6. The largest absolute Gasteiger partial charge is 0.396 e. The van der Waals surface area contributed by atoms with E-state index >= 15 is 0 Å². The summed E-state index contributed by atoms with van der Waals surface area (Å²) in [5, 5.41) is 11.1. The van der Waals surface area contributed by atoms with Crippen molar-refractivity contribution in [2.24, 2.45) is 0 Å². The van der Waals surface area contributed by atoms with Crippen LogP contribution in [0.5, 0.6) is 0 Å². The molecule has 0 aliphatic heterocycles. The molecule has 0 aromatic heterocycles. The van der Waals surface area contributed by atoms with Crippen molar-refractivity contribution in [3.63, 3.8) is 0 Å². The van der Waals surface area contributed by atoms with Gasteiger partial charge in [-0.1, -0.05) is 17.7 Å². The van der Waals surface area contributed by atoms with Gasteiger partial charge in [0.05, 0.1) is 37.7 Å². The number of anilines is 1. The Bertz CT molecular complexity index is 739. The minimum atomic E-state index is -1.67. The van der Waals surface area contributed by atoms with Crippen molar-refractivity contribution >= 4 is 33.8 Å². The number of nitro benzene ring substituents is 1. The number of rotatable bonds is 4. The Morgan fingerprint density at radius 1 is 1.33 bits per heavy atom. The molecule has 1 unspecified atom stereocenters. The van der Waals surface area contributed by atoms with Crippen LogP contribution in [0.25, 0.3) is 0 Å². The highest BCUT2D eigenvalue weighted by Gasteiger charge is 2.19. The second-order valence-electron chi connectivity index (χ2n) is 4.17. The molecule has 0 aliphatic rings. The van der Waals surface area contributed by atoms with Crippen LogP contribution in [-0.4, -0.2) is 9.13 Å². The molecular formula is C13H10ClFN2O3S. The lowest BCUT2D eigenvalue weighted by Gasteiger charge is -2.06. The molecule has 8 heteroatoms. The van der Waals surface area contributed by atoms with Crippen molar-refractivity contribution in [1.82, 2.24) is 0 Å². The van der Waals surface area contributed by atoms with E-state index in [4.69, 9.17) is 17.3 Å². The molecule has 0 saturated heterocycles. The summed E-state index contributed by atoms with van der Waals surface area (Å²) in [6.45, 7) is 0. The fraction of sp³-hybridized carbons (Fsp3) is 0.0769. The molecule has 0 heterocycles. The second kappa shape index (κ2) is 6.19. The molecule has 1 atom stereocenters. The molecule has 2 aromatic carbocycles. The third-order valence-electron chi connectivity index (χ3n) is 2.80. The average molecular weight is 329 g/mol. The van der Waals surface area contributed by atoms with Crippen LogP contribution in [0.4, 0.5) is 15.8 Å². The Hall–Kier alpha value is -1.99. The van der Waals surface area contributed by atoms with Crippen molar-refractivity contribution < 1.29 is 13.5 Å². The van der Waals surface area contributed by atoms with E-state index in [2.05, 4.69) is 0 Å². The monoisotopic (exact) mass is 328 g/mol. The van der Waals surface area contributed by atoms with E-state index < -0.39 is 21.5 Å². The molecule has 0 aliphatic carbocycles. The summed E-state index contributed by atoms with van der Waals surface area (Å²) in [5.41, 5.74) is 5.23. The lowest BCUT2D eigenvalue weighted by atomic mass is 10.2. The third-order valence-corrected chi connectivity index (χ3v) is 4.49. The number of nitrogen functional groups attached to an aromatic ring is 1. The Labute approximate surface area is 127 Å². The first-order valence-corrected chi connectivity index (χ1v) is 7.45. The highest BCUT2D eigenvalue weighted by molar-refractivity contribution is 7.84. The smallest absolute Gasteiger partial charge is 0.275 e. The maximum Gasteiger partial charge on any atom is 0.275 e. The lowest BCUT2D eigenvalue weighted by molar-refractivity contribution is -0.385. The van der Waals surface area contributed by atoms with Gasteiger partial charge in [-0.05, 0) is 24.3 Å². The van der Waals surface area contributed by atoms with E-state index in [9.17, 15) is 18.7 Å². The van der Waals surface area contributed by atoms with Crippen LogP contribution >= 0.6 is 11.6 Å². The minimum absolute atomic E-state index is 0.0560. The Morgan fingerprint density at radius 3 is 2.67 bits per heavy atom. The van der Waals surface area contributed by atoms with Gasteiger partial charge in [-0.3, -0.25) is 14.3 Å². The number of halogens is 2. The minimum Gasteiger partial charge on any atom is -0.396 e. The molecule has 0 amide bonds. The van der Waals surface area contributed by atoms with Gasteiger partial charge in [-0.25, -0.2) is 4.39 Å². The van der Waals surface area contributed by atoms with Gasteiger partial charge in [0.25, 0.3) is 5.69 Å². The molecule has 5 nitrogen and oxygen atoms in total. The average Bonchev–Trinajstić information content (AvgIpc) is 2.43. The van der Waals surface area contributed by atoms with Gasteiger partial charge < -0.3 is 5.73 Å². The van der Waals surface area contributed by atoms with Gasteiger partial charge >= 0.3 is 0 Å². The van der Waals surface area contributed by atoms with Crippen molar-refractivity contribution in [2.75, 3.05) is 5.73 Å². The quantitative estimate of drug-likeness (QED) is 0.530. The molecule has 0 radical (unpaired) electrons. The van der Waals surface area contributed by atoms with Crippen molar-refractivity contribution in [1.29, 1.82) is 0 Å². The van der Waals surface area contributed by atoms with Crippen LogP contribution in [0.2, 0.25) is 5.02 Å². The summed E-state index contributed by atoms with van der Waals surface area (Å²) in [6.07, 6.45) is 0. The van der Waals surface area contributed by atoms with E-state index in [1.54, 1.807) is 0 Å². The first-order valence-electron chi connectivity index (χ1n) is 5.75. The van der Waals surface area contributed by atoms with E-state index in [-0.39, 0.29) is 32.6 Å². The maximum absolute atomic E-state index is 13.4. The first-order chi connectivity index (χ1) is 9.90. The highest BCUT2D eigenvalue weighted by atomic mass is 35.5. The zero-order valence-electron chi connectivity index (χ0n) is 10.6. The summed E-state index contributed by atoms with van der Waals surface area (Å²) in [4.78, 5) is 10.6. The maximum atomic E-state index is 13.4. The van der Waals surface area contributed by atoms with E-state index in [1.165, 1.54) is 30.3 Å². The molecule has 110 valence electrons. The van der Waals surface area contributed by atoms with Crippen molar-refractivity contribution in [3.05, 3.63) is 62.9 Å². The van der Waals surface area contributed by atoms with E-state index in [1.807, 2.05) is 0 Å². The number of nitrogens with zero attached hydrogens (tertiary/aromatic N) is 1. The number of nitro groups is 1. The number of benzene rings is 2.